The molecule has 0 bridgehead atoms. The van der Waals surface area contributed by atoms with E-state index in [1.807, 2.05) is 0 Å². The first-order chi connectivity index (χ1) is 8.11. The van der Waals surface area contributed by atoms with Gasteiger partial charge >= 0.3 is 0 Å². The average molecular weight is 259 g/mol. The Hall–Kier alpha value is -1.11. The van der Waals surface area contributed by atoms with Crippen molar-refractivity contribution in [2.24, 2.45) is 5.92 Å². The van der Waals surface area contributed by atoms with Gasteiger partial charge in [0, 0.05) is 18.6 Å². The van der Waals surface area contributed by atoms with Crippen LogP contribution in [0.3, 0.4) is 0 Å². The average Bonchev–Trinajstić information content (AvgIpc) is 2.65. The molecule has 7 heteroatoms. The van der Waals surface area contributed by atoms with Gasteiger partial charge in [-0.1, -0.05) is 11.6 Å². The Kier molecular flexibility index (Phi) is 3.66. The fourth-order valence-electron chi connectivity index (χ4n) is 2.10. The minimum atomic E-state index is -0.490. The molecule has 17 heavy (non-hydrogen) atoms. The molecule has 1 fully saturated rings. The lowest BCUT2D eigenvalue weighted by molar-refractivity contribution is 0.0908. The number of hydrogen-bond acceptors (Lipinski definition) is 6. The van der Waals surface area contributed by atoms with Crippen molar-refractivity contribution in [1.82, 2.24) is 9.97 Å². The summed E-state index contributed by atoms with van der Waals surface area (Å²) < 4.78 is 0. The summed E-state index contributed by atoms with van der Waals surface area (Å²) in [6, 6.07) is 0.0374. The predicted molar refractivity (Wildman–Crippen MR) is 64.7 cm³/mol. The van der Waals surface area contributed by atoms with E-state index in [0.29, 0.717) is 24.3 Å². The Morgan fingerprint density at radius 3 is 2.88 bits per heavy atom. The number of anilines is 2. The summed E-state index contributed by atoms with van der Waals surface area (Å²) in [7, 11) is 0. The maximum absolute atomic E-state index is 9.67. The van der Waals surface area contributed by atoms with E-state index in [-0.39, 0.29) is 23.7 Å². The first-order valence-corrected chi connectivity index (χ1v) is 5.81. The molecular weight excluding hydrogens is 244 g/mol. The standard InChI is InChI=1S/C10H15ClN4O2/c11-9-8(12)10(14-4-13-9)15-6-1-5(3-16)7(17)2-6/h4-7,16-17H,1-3,12H2,(H,13,14,15). The van der Waals surface area contributed by atoms with Crippen molar-refractivity contribution in [2.75, 3.05) is 17.7 Å². The summed E-state index contributed by atoms with van der Waals surface area (Å²) in [4.78, 5) is 7.76. The van der Waals surface area contributed by atoms with Gasteiger partial charge in [0.2, 0.25) is 0 Å². The smallest absolute Gasteiger partial charge is 0.157 e. The number of aromatic nitrogens is 2. The van der Waals surface area contributed by atoms with E-state index in [1.165, 1.54) is 6.33 Å². The van der Waals surface area contributed by atoms with Gasteiger partial charge < -0.3 is 21.3 Å². The fraction of sp³-hybridized carbons (Fsp3) is 0.600. The molecule has 1 aliphatic carbocycles. The van der Waals surface area contributed by atoms with Crippen LogP contribution in [0.2, 0.25) is 5.15 Å². The van der Waals surface area contributed by atoms with Gasteiger partial charge in [0.1, 0.15) is 12.0 Å². The van der Waals surface area contributed by atoms with Gasteiger partial charge in [0.25, 0.3) is 0 Å². The minimum Gasteiger partial charge on any atom is -0.396 e. The van der Waals surface area contributed by atoms with E-state index in [0.717, 1.165) is 0 Å². The molecule has 0 spiro atoms. The minimum absolute atomic E-state index is 0.0145. The topological polar surface area (TPSA) is 104 Å². The number of nitrogens with two attached hydrogens (primary N) is 1. The lowest BCUT2D eigenvalue weighted by atomic mass is 10.1. The van der Waals surface area contributed by atoms with E-state index in [9.17, 15) is 5.11 Å². The van der Waals surface area contributed by atoms with E-state index in [1.54, 1.807) is 0 Å². The van der Waals surface area contributed by atoms with Crippen LogP contribution >= 0.6 is 11.6 Å². The van der Waals surface area contributed by atoms with Crippen LogP contribution in [0.1, 0.15) is 12.8 Å². The number of aliphatic hydroxyl groups excluding tert-OH is 2. The molecule has 2 rings (SSSR count). The Morgan fingerprint density at radius 2 is 2.24 bits per heavy atom. The van der Waals surface area contributed by atoms with Gasteiger partial charge in [-0.15, -0.1) is 0 Å². The van der Waals surface area contributed by atoms with Crippen molar-refractivity contribution in [3.05, 3.63) is 11.5 Å². The summed E-state index contributed by atoms with van der Waals surface area (Å²) in [5, 5.41) is 22.1. The van der Waals surface area contributed by atoms with Crippen LogP contribution < -0.4 is 11.1 Å². The molecule has 1 aromatic rings. The van der Waals surface area contributed by atoms with Crippen LogP contribution in [0.5, 0.6) is 0 Å². The second kappa shape index (κ2) is 5.03. The fourth-order valence-corrected chi connectivity index (χ4v) is 2.23. The molecule has 0 radical (unpaired) electrons. The Morgan fingerprint density at radius 1 is 1.47 bits per heavy atom. The van der Waals surface area contributed by atoms with Gasteiger partial charge in [-0.25, -0.2) is 9.97 Å². The molecule has 0 saturated heterocycles. The molecule has 1 aliphatic rings. The zero-order valence-corrected chi connectivity index (χ0v) is 9.93. The lowest BCUT2D eigenvalue weighted by Crippen LogP contribution is -2.18. The molecule has 0 amide bonds. The van der Waals surface area contributed by atoms with Crippen LogP contribution in [0.25, 0.3) is 0 Å². The normalized spacial score (nSPS) is 28.3. The largest absolute Gasteiger partial charge is 0.396 e. The maximum Gasteiger partial charge on any atom is 0.157 e. The number of nitrogens with zero attached hydrogens (tertiary/aromatic N) is 2. The lowest BCUT2D eigenvalue weighted by Gasteiger charge is -2.14. The first-order valence-electron chi connectivity index (χ1n) is 5.43. The van der Waals surface area contributed by atoms with Crippen molar-refractivity contribution in [1.29, 1.82) is 0 Å². The third-order valence-corrected chi connectivity index (χ3v) is 3.37. The molecule has 3 unspecified atom stereocenters. The second-order valence-corrected chi connectivity index (χ2v) is 4.61. The number of hydrogen-bond donors (Lipinski definition) is 4. The van der Waals surface area contributed by atoms with Crippen molar-refractivity contribution >= 4 is 23.1 Å². The van der Waals surface area contributed by atoms with Gasteiger partial charge in [0.05, 0.1) is 6.10 Å². The molecule has 1 heterocycles. The number of nitrogen functional groups attached to an aromatic ring is 1. The highest BCUT2D eigenvalue weighted by Gasteiger charge is 2.32. The molecule has 1 saturated carbocycles. The van der Waals surface area contributed by atoms with E-state index < -0.39 is 6.10 Å². The summed E-state index contributed by atoms with van der Waals surface area (Å²) in [5.41, 5.74) is 6.03. The van der Waals surface area contributed by atoms with Crippen LogP contribution in [0.15, 0.2) is 6.33 Å². The van der Waals surface area contributed by atoms with Gasteiger partial charge in [-0.05, 0) is 12.8 Å². The zero-order chi connectivity index (χ0) is 12.4. The van der Waals surface area contributed by atoms with Crippen molar-refractivity contribution in [3.63, 3.8) is 0 Å². The summed E-state index contributed by atoms with van der Waals surface area (Å²) in [6.45, 7) is -0.0145. The Bertz CT molecular complexity index is 404. The molecule has 5 N–H and O–H groups in total. The summed E-state index contributed by atoms with van der Waals surface area (Å²) >= 11 is 5.78. The highest BCUT2D eigenvalue weighted by molar-refractivity contribution is 6.32. The third kappa shape index (κ3) is 2.59. The molecule has 1 aromatic heterocycles. The monoisotopic (exact) mass is 258 g/mol. The van der Waals surface area contributed by atoms with Crippen LogP contribution in [0.4, 0.5) is 11.5 Å². The molecule has 6 nitrogen and oxygen atoms in total. The third-order valence-electron chi connectivity index (χ3n) is 3.07. The van der Waals surface area contributed by atoms with Gasteiger partial charge in [-0.2, -0.15) is 0 Å². The van der Waals surface area contributed by atoms with Crippen molar-refractivity contribution in [3.8, 4) is 0 Å². The van der Waals surface area contributed by atoms with Crippen LogP contribution in [0, 0.1) is 5.92 Å². The predicted octanol–water partition coefficient (Wildman–Crippen LogP) is 0.256. The van der Waals surface area contributed by atoms with Gasteiger partial charge in [-0.3, -0.25) is 0 Å². The highest BCUT2D eigenvalue weighted by atomic mass is 35.5. The first kappa shape index (κ1) is 12.3. The molecule has 3 atom stereocenters. The summed E-state index contributed by atoms with van der Waals surface area (Å²) in [6.07, 6.45) is 2.08. The number of halogens is 1. The maximum atomic E-state index is 9.67. The molecule has 94 valence electrons. The SMILES string of the molecule is Nc1c(Cl)ncnc1NC1CC(O)C(CO)C1. The number of nitrogens with one attached hydrogen (secondary N) is 1. The van der Waals surface area contributed by atoms with E-state index in [4.69, 9.17) is 22.4 Å². The number of rotatable bonds is 3. The van der Waals surface area contributed by atoms with Crippen molar-refractivity contribution < 1.29 is 10.2 Å². The quantitative estimate of drug-likeness (QED) is 0.580. The number of aliphatic hydroxyl groups is 2. The molecule has 0 aromatic carbocycles. The van der Waals surface area contributed by atoms with E-state index >= 15 is 0 Å². The highest BCUT2D eigenvalue weighted by Crippen LogP contribution is 2.30. The second-order valence-electron chi connectivity index (χ2n) is 4.25. The van der Waals surface area contributed by atoms with Crippen LogP contribution in [-0.4, -0.2) is 38.9 Å². The molecular formula is C10H15ClN4O2. The van der Waals surface area contributed by atoms with Crippen molar-refractivity contribution in [2.45, 2.75) is 25.0 Å². The Balaban J connectivity index is 2.05. The zero-order valence-electron chi connectivity index (χ0n) is 9.17. The Labute approximate surface area is 104 Å². The van der Waals surface area contributed by atoms with Crippen LogP contribution in [-0.2, 0) is 0 Å². The van der Waals surface area contributed by atoms with E-state index in [2.05, 4.69) is 15.3 Å². The molecule has 0 aliphatic heterocycles. The summed E-state index contributed by atoms with van der Waals surface area (Å²) in [5.74, 6) is 0.381. The van der Waals surface area contributed by atoms with Gasteiger partial charge in [0.15, 0.2) is 11.0 Å².